The maximum atomic E-state index is 13.4. The van der Waals surface area contributed by atoms with Gasteiger partial charge in [-0.05, 0) is 66.8 Å². The van der Waals surface area contributed by atoms with E-state index in [-0.39, 0.29) is 5.91 Å². The molecule has 0 aliphatic carbocycles. The summed E-state index contributed by atoms with van der Waals surface area (Å²) in [5.74, 6) is 0.494. The van der Waals surface area contributed by atoms with E-state index in [0.29, 0.717) is 34.2 Å². The Bertz CT molecular complexity index is 943. The minimum atomic E-state index is -0.676. The third kappa shape index (κ3) is 7.08. The number of rotatable bonds is 7. The van der Waals surface area contributed by atoms with Gasteiger partial charge in [-0.2, -0.15) is 0 Å². The Labute approximate surface area is 196 Å². The topological polar surface area (TPSA) is 109 Å². The van der Waals surface area contributed by atoms with Crippen molar-refractivity contribution in [3.8, 4) is 5.75 Å². The van der Waals surface area contributed by atoms with E-state index in [1.165, 1.54) is 23.1 Å². The fraction of sp³-hybridized carbons (Fsp3) is 0.458. The van der Waals surface area contributed by atoms with E-state index in [1.54, 1.807) is 73.8 Å². The normalized spacial score (nSPS) is 13.5. The van der Waals surface area contributed by atoms with Gasteiger partial charge in [0.2, 0.25) is 5.91 Å². The Morgan fingerprint density at radius 3 is 2.33 bits per heavy atom. The zero-order valence-electron chi connectivity index (χ0n) is 21.1. The number of carbonyl (C=O) groups excluding carboxylic acids is 2. The molecule has 0 saturated carbocycles. The Kier molecular flexibility index (Phi) is 9.66. The number of nitrogens with zero attached hydrogens (tertiary/aromatic N) is 3. The number of nitrogens with two attached hydrogens (primary N) is 1. The van der Waals surface area contributed by atoms with Gasteiger partial charge in [0.05, 0.1) is 24.5 Å². The van der Waals surface area contributed by atoms with Crippen LogP contribution in [0.5, 0.6) is 5.75 Å². The molecule has 3 N–H and O–H groups in total. The van der Waals surface area contributed by atoms with E-state index in [2.05, 4.69) is 16.9 Å². The summed E-state index contributed by atoms with van der Waals surface area (Å²) in [5.41, 5.74) is 7.37. The Morgan fingerprint density at radius 2 is 1.88 bits per heavy atom. The molecule has 0 bridgehead atoms. The number of aliphatic imine (C=N–C) groups is 1. The zero-order chi connectivity index (χ0) is 25.5. The van der Waals surface area contributed by atoms with E-state index < -0.39 is 17.7 Å². The highest BCUT2D eigenvalue weighted by Gasteiger charge is 2.29. The highest BCUT2D eigenvalue weighted by atomic mass is 16.6. The monoisotopic (exact) mass is 459 g/mol. The van der Waals surface area contributed by atoms with Gasteiger partial charge in [-0.15, -0.1) is 0 Å². The van der Waals surface area contributed by atoms with Gasteiger partial charge in [-0.3, -0.25) is 14.6 Å². The smallest absolute Gasteiger partial charge is 0.414 e. The molecule has 9 nitrogen and oxygen atoms in total. The molecule has 1 aromatic carbocycles. The quantitative estimate of drug-likeness (QED) is 0.474. The maximum Gasteiger partial charge on any atom is 0.414 e. The van der Waals surface area contributed by atoms with Crippen molar-refractivity contribution in [3.63, 3.8) is 0 Å². The third-order valence-corrected chi connectivity index (χ3v) is 4.83. The Hall–Kier alpha value is -3.33. The number of amidine groups is 1. The number of methoxy groups -OCH3 is 1. The van der Waals surface area contributed by atoms with Gasteiger partial charge in [0, 0.05) is 24.5 Å². The van der Waals surface area contributed by atoms with Crippen molar-refractivity contribution in [1.29, 1.82) is 0 Å². The number of anilines is 2. The number of allylic oxidation sites excluding steroid dienone is 1. The number of likely N-dealkylation sites (N-methyl/N-ethyl adjacent to an activating group) is 1. The fourth-order valence-electron chi connectivity index (χ4n) is 2.76. The van der Waals surface area contributed by atoms with Crippen molar-refractivity contribution in [2.75, 3.05) is 31.0 Å². The van der Waals surface area contributed by atoms with Crippen molar-refractivity contribution in [3.05, 3.63) is 42.2 Å². The van der Waals surface area contributed by atoms with E-state index in [4.69, 9.17) is 15.2 Å². The molecular formula is C24H37N5O4. The van der Waals surface area contributed by atoms with E-state index >= 15 is 0 Å². The van der Waals surface area contributed by atoms with E-state index in [9.17, 15) is 9.59 Å². The predicted molar refractivity (Wildman–Crippen MR) is 134 cm³/mol. The zero-order valence-corrected chi connectivity index (χ0v) is 21.1. The number of ether oxygens (including phenoxy) is 2. The molecule has 33 heavy (non-hydrogen) atoms. The molecule has 0 saturated heterocycles. The van der Waals surface area contributed by atoms with Gasteiger partial charge < -0.3 is 20.5 Å². The maximum absolute atomic E-state index is 13.4. The lowest BCUT2D eigenvalue weighted by Crippen LogP contribution is -2.47. The van der Waals surface area contributed by atoms with Crippen LogP contribution in [-0.2, 0) is 9.53 Å². The minimum Gasteiger partial charge on any atom is -0.495 e. The molecule has 0 fully saturated rings. The van der Waals surface area contributed by atoms with Crippen LogP contribution in [0.3, 0.4) is 0 Å². The number of benzene rings is 1. The van der Waals surface area contributed by atoms with Crippen LogP contribution in [0.1, 0.15) is 41.5 Å². The average Bonchev–Trinajstić information content (AvgIpc) is 2.75. The van der Waals surface area contributed by atoms with E-state index in [1.807, 2.05) is 0 Å². The van der Waals surface area contributed by atoms with Crippen LogP contribution < -0.4 is 25.6 Å². The SMILES string of the molecule is C=C/N=C(\C(C)=C(/C)N)N(C(=O)C(C)NC)c1ccc(OC)c(N(C)C(=O)OC(C)(C)C)c1. The molecule has 0 heterocycles. The van der Waals surface area contributed by atoms with Gasteiger partial charge in [0.1, 0.15) is 17.2 Å². The second-order valence-corrected chi connectivity index (χ2v) is 8.52. The molecule has 0 aromatic heterocycles. The van der Waals surface area contributed by atoms with Crippen molar-refractivity contribution >= 4 is 29.2 Å². The number of amides is 2. The third-order valence-electron chi connectivity index (χ3n) is 4.83. The van der Waals surface area contributed by atoms with Gasteiger partial charge in [0.15, 0.2) is 0 Å². The molecule has 182 valence electrons. The Balaban J connectivity index is 3.76. The van der Waals surface area contributed by atoms with Crippen LogP contribution in [0.2, 0.25) is 0 Å². The minimum absolute atomic E-state index is 0.269. The van der Waals surface area contributed by atoms with Gasteiger partial charge >= 0.3 is 6.09 Å². The van der Waals surface area contributed by atoms with Crippen LogP contribution in [-0.4, -0.2) is 50.7 Å². The van der Waals surface area contributed by atoms with E-state index in [0.717, 1.165) is 0 Å². The summed E-state index contributed by atoms with van der Waals surface area (Å²) in [6.07, 6.45) is 0.789. The number of nitrogens with one attached hydrogen (secondary N) is 1. The molecule has 1 unspecified atom stereocenters. The molecule has 0 aliphatic rings. The molecule has 9 heteroatoms. The second-order valence-electron chi connectivity index (χ2n) is 8.52. The predicted octanol–water partition coefficient (Wildman–Crippen LogP) is 3.80. The largest absolute Gasteiger partial charge is 0.495 e. The van der Waals surface area contributed by atoms with Crippen LogP contribution in [0.4, 0.5) is 16.2 Å². The summed E-state index contributed by atoms with van der Waals surface area (Å²) in [4.78, 5) is 33.3. The second kappa shape index (κ2) is 11.5. The van der Waals surface area contributed by atoms with Crippen LogP contribution in [0.25, 0.3) is 0 Å². The number of hydrogen-bond acceptors (Lipinski definition) is 7. The summed E-state index contributed by atoms with van der Waals surface area (Å²) >= 11 is 0. The highest BCUT2D eigenvalue weighted by Crippen LogP contribution is 2.34. The van der Waals surface area contributed by atoms with Gasteiger partial charge in [-0.25, -0.2) is 9.79 Å². The summed E-state index contributed by atoms with van der Waals surface area (Å²) in [5, 5.41) is 2.96. The first-order valence-electron chi connectivity index (χ1n) is 10.6. The summed E-state index contributed by atoms with van der Waals surface area (Å²) < 4.78 is 11.0. The van der Waals surface area contributed by atoms with Crippen molar-refractivity contribution < 1.29 is 19.1 Å². The van der Waals surface area contributed by atoms with Gasteiger partial charge in [0.25, 0.3) is 0 Å². The van der Waals surface area contributed by atoms with Gasteiger partial charge in [-0.1, -0.05) is 6.58 Å². The lowest BCUT2D eigenvalue weighted by Gasteiger charge is -2.30. The molecule has 1 rings (SSSR count). The number of carbonyl (C=O) groups is 2. The first-order chi connectivity index (χ1) is 15.3. The molecule has 0 spiro atoms. The average molecular weight is 460 g/mol. The summed E-state index contributed by atoms with van der Waals surface area (Å²) in [6, 6.07) is 4.53. The molecular weight excluding hydrogens is 422 g/mol. The standard InChI is InChI=1S/C24H37N5O4/c1-11-27-21(15(2)16(3)25)29(22(30)17(4)26-8)18-12-13-20(32-10)19(14-18)28(9)23(31)33-24(5,6)7/h11-14,17,26H,1,25H2,2-10H3/b16-15+,27-21+. The molecule has 0 radical (unpaired) electrons. The lowest BCUT2D eigenvalue weighted by molar-refractivity contribution is -0.119. The highest BCUT2D eigenvalue weighted by molar-refractivity contribution is 6.24. The molecule has 1 aromatic rings. The van der Waals surface area contributed by atoms with Crippen LogP contribution in [0, 0.1) is 0 Å². The molecule has 0 aliphatic heterocycles. The summed E-state index contributed by atoms with van der Waals surface area (Å²) in [7, 11) is 4.77. The Morgan fingerprint density at radius 1 is 1.27 bits per heavy atom. The fourth-order valence-corrected chi connectivity index (χ4v) is 2.76. The molecule has 2 amide bonds. The number of hydrogen-bond donors (Lipinski definition) is 2. The lowest BCUT2D eigenvalue weighted by atomic mass is 10.1. The summed E-state index contributed by atoms with van der Waals surface area (Å²) in [6.45, 7) is 14.3. The van der Waals surface area contributed by atoms with Crippen LogP contribution >= 0.6 is 0 Å². The van der Waals surface area contributed by atoms with Crippen molar-refractivity contribution in [1.82, 2.24) is 5.32 Å². The first kappa shape index (κ1) is 27.7. The first-order valence-corrected chi connectivity index (χ1v) is 10.6. The van der Waals surface area contributed by atoms with Crippen molar-refractivity contribution in [2.45, 2.75) is 53.2 Å². The van der Waals surface area contributed by atoms with Crippen molar-refractivity contribution in [2.24, 2.45) is 10.7 Å². The molecule has 1 atom stereocenters. The van der Waals surface area contributed by atoms with Crippen LogP contribution in [0.15, 0.2) is 47.2 Å².